The van der Waals surface area contributed by atoms with Gasteiger partial charge in [-0.05, 0) is 49.1 Å². The highest BCUT2D eigenvalue weighted by Gasteiger charge is 2.34. The number of nitrogens with zero attached hydrogens (tertiary/aromatic N) is 4. The van der Waals surface area contributed by atoms with E-state index in [1.54, 1.807) is 37.4 Å². The number of alkyl halides is 3. The summed E-state index contributed by atoms with van der Waals surface area (Å²) in [5.74, 6) is -2.55. The lowest BCUT2D eigenvalue weighted by molar-refractivity contribution is -0.0925. The topological polar surface area (TPSA) is 68.4 Å². The summed E-state index contributed by atoms with van der Waals surface area (Å²) in [6.45, 7) is 7.42. The second kappa shape index (κ2) is 12.6. The van der Waals surface area contributed by atoms with E-state index < -0.39 is 47.2 Å². The quantitative estimate of drug-likeness (QED) is 0.221. The summed E-state index contributed by atoms with van der Waals surface area (Å²) in [5, 5.41) is 0. The minimum Gasteiger partial charge on any atom is -0.453 e. The van der Waals surface area contributed by atoms with Crippen molar-refractivity contribution in [2.24, 2.45) is 10.9 Å². The molecule has 1 saturated heterocycles. The average Bonchev–Trinajstić information content (AvgIpc) is 3.25. The van der Waals surface area contributed by atoms with Crippen LogP contribution in [0.2, 0.25) is 0 Å². The SMILES string of the molecule is CC/C=C(\N=C(c1cc(F)c(-c2nc3cc(C)ccn3c2C[C@H]2CN(C(=O)OC)CCO2)c(F)c1)C(C)C)C(F)(F)F. The van der Waals surface area contributed by atoms with Gasteiger partial charge in [0.2, 0.25) is 0 Å². The molecule has 0 saturated carbocycles. The summed E-state index contributed by atoms with van der Waals surface area (Å²) in [7, 11) is 1.28. The number of hydrogen-bond donors (Lipinski definition) is 0. The minimum absolute atomic E-state index is 0.0332. The number of ether oxygens (including phenoxy) is 2. The van der Waals surface area contributed by atoms with E-state index in [0.717, 1.165) is 23.8 Å². The lowest BCUT2D eigenvalue weighted by atomic mass is 9.96. The average molecular weight is 593 g/mol. The van der Waals surface area contributed by atoms with Crippen molar-refractivity contribution in [1.29, 1.82) is 0 Å². The molecule has 0 radical (unpaired) electrons. The molecule has 0 spiro atoms. The number of aryl methyl sites for hydroxylation is 1. The van der Waals surface area contributed by atoms with Crippen LogP contribution in [0.25, 0.3) is 16.9 Å². The van der Waals surface area contributed by atoms with Crippen LogP contribution in [0.3, 0.4) is 0 Å². The first-order valence-electron chi connectivity index (χ1n) is 13.6. The summed E-state index contributed by atoms with van der Waals surface area (Å²) in [6, 6.07) is 5.58. The number of carbonyl (C=O) groups excluding carboxylic acids is 1. The molecule has 1 atom stereocenters. The van der Waals surface area contributed by atoms with Gasteiger partial charge in [-0.15, -0.1) is 0 Å². The van der Waals surface area contributed by atoms with Gasteiger partial charge >= 0.3 is 12.3 Å². The molecule has 0 unspecified atom stereocenters. The smallest absolute Gasteiger partial charge is 0.433 e. The van der Waals surface area contributed by atoms with Crippen LogP contribution in [0.15, 0.2) is 47.2 Å². The van der Waals surface area contributed by atoms with Crippen molar-refractivity contribution >= 4 is 17.5 Å². The number of rotatable bonds is 7. The van der Waals surface area contributed by atoms with E-state index in [9.17, 15) is 18.0 Å². The van der Waals surface area contributed by atoms with Crippen LogP contribution < -0.4 is 0 Å². The summed E-state index contributed by atoms with van der Waals surface area (Å²) < 4.78 is 84.8. The van der Waals surface area contributed by atoms with Crippen LogP contribution in [-0.2, 0) is 15.9 Å². The number of amides is 1. The maximum Gasteiger partial charge on any atom is 0.433 e. The maximum absolute atomic E-state index is 15.8. The van der Waals surface area contributed by atoms with E-state index in [1.165, 1.54) is 12.0 Å². The van der Waals surface area contributed by atoms with Crippen molar-refractivity contribution in [1.82, 2.24) is 14.3 Å². The van der Waals surface area contributed by atoms with Gasteiger partial charge < -0.3 is 18.8 Å². The molecular formula is C30H33F5N4O3. The Kier molecular flexibility index (Phi) is 9.34. The lowest BCUT2D eigenvalue weighted by Crippen LogP contribution is -2.46. The van der Waals surface area contributed by atoms with Gasteiger partial charge in [-0.1, -0.05) is 26.8 Å². The highest BCUT2D eigenvalue weighted by molar-refractivity contribution is 6.03. The van der Waals surface area contributed by atoms with Crippen molar-refractivity contribution in [2.75, 3.05) is 26.8 Å². The van der Waals surface area contributed by atoms with Crippen molar-refractivity contribution in [3.63, 3.8) is 0 Å². The molecule has 0 aliphatic carbocycles. The van der Waals surface area contributed by atoms with Crippen molar-refractivity contribution < 1.29 is 36.2 Å². The molecule has 1 aliphatic rings. The number of fused-ring (bicyclic) bond motifs is 1. The third-order valence-corrected chi connectivity index (χ3v) is 6.92. The third kappa shape index (κ3) is 6.64. The highest BCUT2D eigenvalue weighted by Crippen LogP contribution is 2.34. The Morgan fingerprint density at radius 2 is 1.93 bits per heavy atom. The Bertz CT molecular complexity index is 1500. The van der Waals surface area contributed by atoms with Gasteiger partial charge in [-0.2, -0.15) is 13.2 Å². The van der Waals surface area contributed by atoms with E-state index in [4.69, 9.17) is 9.47 Å². The fourth-order valence-corrected chi connectivity index (χ4v) is 4.97. The number of pyridine rings is 1. The Hall–Kier alpha value is -3.80. The van der Waals surface area contributed by atoms with Crippen molar-refractivity contribution in [3.05, 3.63) is 70.7 Å². The zero-order chi connectivity index (χ0) is 30.8. The molecule has 1 aliphatic heterocycles. The number of benzene rings is 1. The summed E-state index contributed by atoms with van der Waals surface area (Å²) in [6.07, 6.45) is -2.80. The summed E-state index contributed by atoms with van der Waals surface area (Å²) in [5.41, 5.74) is 0.0879. The zero-order valence-electron chi connectivity index (χ0n) is 24.1. The first-order chi connectivity index (χ1) is 19.8. The maximum atomic E-state index is 15.8. The molecule has 0 bridgehead atoms. The fraction of sp³-hybridized carbons (Fsp3) is 0.433. The van der Waals surface area contributed by atoms with Gasteiger partial charge in [-0.25, -0.2) is 23.6 Å². The molecule has 1 aromatic carbocycles. The Morgan fingerprint density at radius 3 is 2.52 bits per heavy atom. The summed E-state index contributed by atoms with van der Waals surface area (Å²) in [4.78, 5) is 21.9. The van der Waals surface area contributed by atoms with Gasteiger partial charge in [-0.3, -0.25) is 0 Å². The minimum atomic E-state index is -4.72. The van der Waals surface area contributed by atoms with Gasteiger partial charge in [0.1, 0.15) is 23.0 Å². The number of halogens is 5. The van der Waals surface area contributed by atoms with Crippen LogP contribution >= 0.6 is 0 Å². The molecule has 42 heavy (non-hydrogen) atoms. The molecule has 1 amide bonds. The molecule has 3 heterocycles. The largest absolute Gasteiger partial charge is 0.453 e. The van der Waals surface area contributed by atoms with E-state index in [0.29, 0.717) is 17.9 Å². The number of aliphatic imine (C=N–C) groups is 1. The number of hydrogen-bond acceptors (Lipinski definition) is 5. The van der Waals surface area contributed by atoms with Crippen LogP contribution in [0.5, 0.6) is 0 Å². The first-order valence-corrected chi connectivity index (χ1v) is 13.6. The van der Waals surface area contributed by atoms with Gasteiger partial charge in [0.05, 0.1) is 49.0 Å². The molecular weight excluding hydrogens is 559 g/mol. The number of aromatic nitrogens is 2. The standard InChI is InChI=1S/C30H33F5N4O3/c1-6-7-24(30(33,34)35)36-27(17(2)3)19-13-21(31)26(22(32)14-19)28-23(39-9-8-18(4)12-25(39)37-28)15-20-16-38(10-11-42-20)29(40)41-5/h7-9,12-14,17,20H,6,10-11,15-16H2,1-5H3/b24-7-,36-27?/t20-/m0/s1. The third-order valence-electron chi connectivity index (χ3n) is 6.92. The molecule has 4 rings (SSSR count). The van der Waals surface area contributed by atoms with E-state index in [-0.39, 0.29) is 43.0 Å². The molecule has 226 valence electrons. The number of imidazole rings is 1. The van der Waals surface area contributed by atoms with E-state index in [1.807, 2.05) is 13.0 Å². The fourth-order valence-electron chi connectivity index (χ4n) is 4.97. The molecule has 3 aromatic rings. The highest BCUT2D eigenvalue weighted by atomic mass is 19.4. The van der Waals surface area contributed by atoms with Gasteiger partial charge in [0, 0.05) is 24.7 Å². The Balaban J connectivity index is 1.82. The molecule has 12 heteroatoms. The van der Waals surface area contributed by atoms with Crippen LogP contribution in [0.4, 0.5) is 26.7 Å². The molecule has 2 aromatic heterocycles. The van der Waals surface area contributed by atoms with Gasteiger partial charge in [0.25, 0.3) is 0 Å². The second-order valence-corrected chi connectivity index (χ2v) is 10.4. The number of allylic oxidation sites excluding steroid dienone is 2. The Labute approximate surface area is 240 Å². The molecule has 7 nitrogen and oxygen atoms in total. The van der Waals surface area contributed by atoms with Crippen LogP contribution in [0, 0.1) is 24.5 Å². The van der Waals surface area contributed by atoms with Crippen molar-refractivity contribution in [3.8, 4) is 11.3 Å². The summed E-state index contributed by atoms with van der Waals surface area (Å²) >= 11 is 0. The predicted octanol–water partition coefficient (Wildman–Crippen LogP) is 6.90. The van der Waals surface area contributed by atoms with Crippen LogP contribution in [-0.4, -0.2) is 65.2 Å². The first kappa shape index (κ1) is 31.1. The Morgan fingerprint density at radius 1 is 1.24 bits per heavy atom. The number of morpholine rings is 1. The number of methoxy groups -OCH3 is 1. The molecule has 0 N–H and O–H groups in total. The van der Waals surface area contributed by atoms with Crippen LogP contribution in [0.1, 0.15) is 44.0 Å². The van der Waals surface area contributed by atoms with Gasteiger partial charge in [0.15, 0.2) is 0 Å². The predicted molar refractivity (Wildman–Crippen MR) is 149 cm³/mol. The monoisotopic (exact) mass is 592 g/mol. The lowest BCUT2D eigenvalue weighted by Gasteiger charge is -2.32. The van der Waals surface area contributed by atoms with E-state index in [2.05, 4.69) is 9.98 Å². The van der Waals surface area contributed by atoms with Crippen molar-refractivity contribution in [2.45, 2.75) is 52.8 Å². The normalized spacial score (nSPS) is 16.9. The zero-order valence-corrected chi connectivity index (χ0v) is 24.1. The second-order valence-electron chi connectivity index (χ2n) is 10.4. The number of carbonyl (C=O) groups is 1. The molecule has 1 fully saturated rings. The van der Waals surface area contributed by atoms with E-state index >= 15 is 8.78 Å².